The molecule has 4 nitrogen and oxygen atoms in total. The Morgan fingerprint density at radius 1 is 1.40 bits per heavy atom. The van der Waals surface area contributed by atoms with Crippen molar-refractivity contribution >= 4 is 12.2 Å². The zero-order valence-corrected chi connectivity index (χ0v) is 11.3. The number of hydrogen-bond donors (Lipinski definition) is 1. The second kappa shape index (κ2) is 3.92. The van der Waals surface area contributed by atoms with Crippen LogP contribution in [0, 0.1) is 11.8 Å². The number of nitrogens with one attached hydrogen (secondary N) is 1. The van der Waals surface area contributed by atoms with Gasteiger partial charge in [0, 0.05) is 5.56 Å². The molecular weight excluding hydrogens is 254 g/mol. The fourth-order valence-electron chi connectivity index (χ4n) is 4.46. The first-order valence-electron chi connectivity index (χ1n) is 7.19. The van der Waals surface area contributed by atoms with Crippen LogP contribution in [0.25, 0.3) is 0 Å². The molecule has 3 heterocycles. The van der Waals surface area contributed by atoms with Crippen LogP contribution in [0.15, 0.2) is 24.3 Å². The summed E-state index contributed by atoms with van der Waals surface area (Å²) in [6, 6.07) is 7.27. The first-order valence-corrected chi connectivity index (χ1v) is 7.19. The summed E-state index contributed by atoms with van der Waals surface area (Å²) in [6.45, 7) is 2.10. The predicted molar refractivity (Wildman–Crippen MR) is 72.2 cm³/mol. The smallest absolute Gasteiger partial charge is 0.227 e. The van der Waals surface area contributed by atoms with E-state index in [9.17, 15) is 9.59 Å². The minimum Gasteiger partial charge on any atom is -0.368 e. The highest BCUT2D eigenvalue weighted by molar-refractivity contribution is 5.86. The van der Waals surface area contributed by atoms with Crippen LogP contribution in [0.2, 0.25) is 0 Å². The fourth-order valence-corrected chi connectivity index (χ4v) is 4.46. The zero-order chi connectivity index (χ0) is 13.9. The number of benzene rings is 1. The summed E-state index contributed by atoms with van der Waals surface area (Å²) in [5, 5.41) is 3.07. The summed E-state index contributed by atoms with van der Waals surface area (Å²) in [4.78, 5) is 23.6. The molecule has 3 saturated heterocycles. The van der Waals surface area contributed by atoms with E-state index in [1.165, 1.54) is 0 Å². The lowest BCUT2D eigenvalue weighted by Gasteiger charge is -2.32. The molecule has 104 valence electrons. The van der Waals surface area contributed by atoms with E-state index in [0.29, 0.717) is 5.56 Å². The van der Waals surface area contributed by atoms with E-state index >= 15 is 0 Å². The van der Waals surface area contributed by atoms with Gasteiger partial charge >= 0.3 is 0 Å². The van der Waals surface area contributed by atoms with Crippen molar-refractivity contribution in [3.05, 3.63) is 35.4 Å². The molecule has 3 aliphatic rings. The number of ether oxygens (including phenoxy) is 1. The largest absolute Gasteiger partial charge is 0.368 e. The molecule has 4 heteroatoms. The van der Waals surface area contributed by atoms with Crippen molar-refractivity contribution < 1.29 is 14.3 Å². The van der Waals surface area contributed by atoms with Gasteiger partial charge in [0.05, 0.1) is 18.1 Å². The molecule has 5 atom stereocenters. The predicted octanol–water partition coefficient (Wildman–Crippen LogP) is 1.85. The minimum atomic E-state index is -0.444. The molecule has 3 aliphatic heterocycles. The van der Waals surface area contributed by atoms with E-state index < -0.39 is 5.60 Å². The Balaban J connectivity index is 1.84. The number of amides is 1. The quantitative estimate of drug-likeness (QED) is 0.835. The van der Waals surface area contributed by atoms with Gasteiger partial charge < -0.3 is 10.1 Å². The van der Waals surface area contributed by atoms with E-state index in [-0.39, 0.29) is 29.9 Å². The Morgan fingerprint density at radius 2 is 2.20 bits per heavy atom. The zero-order valence-electron chi connectivity index (χ0n) is 11.3. The number of hydrogen-bond acceptors (Lipinski definition) is 3. The fraction of sp³-hybridized carbons (Fsp3) is 0.500. The van der Waals surface area contributed by atoms with Crippen LogP contribution in [0.4, 0.5) is 0 Å². The van der Waals surface area contributed by atoms with Gasteiger partial charge in [0.2, 0.25) is 5.91 Å². The molecule has 0 radical (unpaired) electrons. The van der Waals surface area contributed by atoms with Crippen LogP contribution in [-0.4, -0.2) is 23.9 Å². The molecule has 0 aliphatic carbocycles. The Kier molecular flexibility index (Phi) is 2.37. The lowest BCUT2D eigenvalue weighted by atomic mass is 9.70. The van der Waals surface area contributed by atoms with Crippen molar-refractivity contribution in [2.24, 2.45) is 11.8 Å². The summed E-state index contributed by atoms with van der Waals surface area (Å²) in [5.74, 6) is 0.258. The van der Waals surface area contributed by atoms with Crippen LogP contribution in [0.5, 0.6) is 0 Å². The topological polar surface area (TPSA) is 55.4 Å². The molecule has 3 fully saturated rings. The first-order chi connectivity index (χ1) is 9.67. The van der Waals surface area contributed by atoms with Crippen molar-refractivity contribution in [3.63, 3.8) is 0 Å². The standard InChI is InChI=1S/C16H17NO3/c1-9-12-6-7-16(20-12)13(9)15(19)17-14(16)11-5-3-2-4-10(11)8-18/h2-5,8-9,12-14H,6-7H2,1H3,(H,17,19)/t9-,12+,13-,14+,16-/m1/s1. The van der Waals surface area contributed by atoms with E-state index in [0.717, 1.165) is 24.7 Å². The molecule has 0 saturated carbocycles. The summed E-state index contributed by atoms with van der Waals surface area (Å²) in [5.41, 5.74) is 1.08. The van der Waals surface area contributed by atoms with Crippen LogP contribution in [0.1, 0.15) is 41.7 Å². The van der Waals surface area contributed by atoms with Gasteiger partial charge in [0.25, 0.3) is 0 Å². The highest BCUT2D eigenvalue weighted by atomic mass is 16.5. The maximum Gasteiger partial charge on any atom is 0.227 e. The average Bonchev–Trinajstić information content (AvgIpc) is 3.10. The number of fused-ring (bicyclic) bond motifs is 1. The van der Waals surface area contributed by atoms with E-state index in [1.54, 1.807) is 6.07 Å². The first kappa shape index (κ1) is 12.1. The maximum atomic E-state index is 12.4. The summed E-state index contributed by atoms with van der Waals surface area (Å²) >= 11 is 0. The van der Waals surface area contributed by atoms with E-state index in [1.807, 2.05) is 18.2 Å². The molecule has 0 aromatic heterocycles. The SMILES string of the molecule is C[C@@H]1[C@@H]2CC[C@]3(O2)[C@H](c2ccccc2C=O)NC(=O)[C@@H]13. The van der Waals surface area contributed by atoms with Crippen LogP contribution >= 0.6 is 0 Å². The minimum absolute atomic E-state index is 0.0744. The Labute approximate surface area is 117 Å². The molecule has 4 rings (SSSR count). The average molecular weight is 271 g/mol. The molecule has 1 amide bonds. The van der Waals surface area contributed by atoms with Gasteiger partial charge in [-0.2, -0.15) is 0 Å². The summed E-state index contributed by atoms with van der Waals surface area (Å²) < 4.78 is 6.23. The molecule has 1 N–H and O–H groups in total. The van der Waals surface area contributed by atoms with Crippen LogP contribution in [-0.2, 0) is 9.53 Å². The van der Waals surface area contributed by atoms with Gasteiger partial charge in [0.15, 0.2) is 0 Å². The third kappa shape index (κ3) is 1.30. The number of aldehydes is 1. The second-order valence-electron chi connectivity index (χ2n) is 6.18. The van der Waals surface area contributed by atoms with Gasteiger partial charge in [-0.15, -0.1) is 0 Å². The molecule has 1 spiro atoms. The maximum absolute atomic E-state index is 12.4. The summed E-state index contributed by atoms with van der Waals surface area (Å²) in [6.07, 6.45) is 2.95. The third-order valence-electron chi connectivity index (χ3n) is 5.32. The van der Waals surface area contributed by atoms with Crippen molar-refractivity contribution in [2.75, 3.05) is 0 Å². The van der Waals surface area contributed by atoms with Crippen LogP contribution < -0.4 is 5.32 Å². The lowest BCUT2D eigenvalue weighted by molar-refractivity contribution is -0.124. The second-order valence-corrected chi connectivity index (χ2v) is 6.18. The molecule has 1 aromatic rings. The van der Waals surface area contributed by atoms with Gasteiger partial charge in [-0.1, -0.05) is 31.2 Å². The molecule has 20 heavy (non-hydrogen) atoms. The summed E-state index contributed by atoms with van der Waals surface area (Å²) in [7, 11) is 0. The van der Waals surface area contributed by atoms with Crippen molar-refractivity contribution in [1.82, 2.24) is 5.32 Å². The highest BCUT2D eigenvalue weighted by Crippen LogP contribution is 2.59. The van der Waals surface area contributed by atoms with Crippen molar-refractivity contribution in [3.8, 4) is 0 Å². The Hall–Kier alpha value is -1.68. The van der Waals surface area contributed by atoms with Crippen LogP contribution in [0.3, 0.4) is 0 Å². The van der Waals surface area contributed by atoms with Crippen molar-refractivity contribution in [2.45, 2.75) is 37.5 Å². The number of carbonyl (C=O) groups excluding carboxylic acids is 2. The molecule has 2 bridgehead atoms. The monoisotopic (exact) mass is 271 g/mol. The Bertz CT molecular complexity index is 599. The molecular formula is C16H17NO3. The van der Waals surface area contributed by atoms with Crippen molar-refractivity contribution in [1.29, 1.82) is 0 Å². The van der Waals surface area contributed by atoms with Gasteiger partial charge in [0.1, 0.15) is 11.9 Å². The lowest BCUT2D eigenvalue weighted by Crippen LogP contribution is -2.39. The number of carbonyl (C=O) groups is 2. The number of rotatable bonds is 2. The van der Waals surface area contributed by atoms with Gasteiger partial charge in [-0.3, -0.25) is 9.59 Å². The van der Waals surface area contributed by atoms with Gasteiger partial charge in [-0.25, -0.2) is 0 Å². The molecule has 0 unspecified atom stereocenters. The van der Waals surface area contributed by atoms with E-state index in [2.05, 4.69) is 12.2 Å². The normalized spacial score (nSPS) is 41.5. The highest BCUT2D eigenvalue weighted by Gasteiger charge is 2.68. The van der Waals surface area contributed by atoms with Gasteiger partial charge in [-0.05, 0) is 24.3 Å². The van der Waals surface area contributed by atoms with E-state index in [4.69, 9.17) is 4.74 Å². The third-order valence-corrected chi connectivity index (χ3v) is 5.32. The Morgan fingerprint density at radius 3 is 3.00 bits per heavy atom. The molecule has 1 aromatic carbocycles.